The van der Waals surface area contributed by atoms with Gasteiger partial charge in [-0.1, -0.05) is 0 Å². The second kappa shape index (κ2) is 8.17. The van der Waals surface area contributed by atoms with Crippen molar-refractivity contribution < 1.29 is 9.59 Å². The zero-order valence-electron chi connectivity index (χ0n) is 15.1. The molecule has 0 spiro atoms. The van der Waals surface area contributed by atoms with E-state index in [1.807, 2.05) is 6.07 Å². The molecule has 4 aromatic rings. The number of aromatic nitrogens is 6. The quantitative estimate of drug-likeness (QED) is 0.506. The maximum absolute atomic E-state index is 12.3. The number of pyridine rings is 2. The van der Waals surface area contributed by atoms with Gasteiger partial charge in [-0.25, -0.2) is 4.98 Å². The van der Waals surface area contributed by atoms with Gasteiger partial charge in [0.1, 0.15) is 18.1 Å². The Kier molecular flexibility index (Phi) is 5.10. The molecule has 0 atom stereocenters. The Bertz CT molecular complexity index is 1140. The molecule has 1 N–H and O–H groups in total. The molecular weight excluding hydrogens is 370 g/mol. The Balaban J connectivity index is 1.40. The summed E-state index contributed by atoms with van der Waals surface area (Å²) in [7, 11) is 0. The first kappa shape index (κ1) is 18.1. The van der Waals surface area contributed by atoms with Crippen molar-refractivity contribution in [3.05, 3.63) is 73.3 Å². The minimum absolute atomic E-state index is 0.0270. The molecule has 0 aliphatic carbocycles. The minimum Gasteiger partial charge on any atom is -0.309 e. The lowest BCUT2D eigenvalue weighted by Crippen LogP contribution is -2.19. The Morgan fingerprint density at radius 1 is 0.966 bits per heavy atom. The van der Waals surface area contributed by atoms with Crippen LogP contribution in [0.2, 0.25) is 0 Å². The lowest BCUT2D eigenvalue weighted by atomic mass is 10.1. The highest BCUT2D eigenvalue weighted by atomic mass is 16.2. The summed E-state index contributed by atoms with van der Waals surface area (Å²) in [5, 5.41) is 6.93. The van der Waals surface area contributed by atoms with E-state index in [1.165, 1.54) is 4.68 Å². The van der Waals surface area contributed by atoms with Gasteiger partial charge in [-0.05, 0) is 29.8 Å². The van der Waals surface area contributed by atoms with Crippen molar-refractivity contribution >= 4 is 18.0 Å². The van der Waals surface area contributed by atoms with Crippen molar-refractivity contribution in [3.8, 4) is 22.4 Å². The normalized spacial score (nSPS) is 10.5. The van der Waals surface area contributed by atoms with Gasteiger partial charge in [-0.15, -0.1) is 0 Å². The molecule has 0 aromatic carbocycles. The van der Waals surface area contributed by atoms with Crippen LogP contribution in [0.4, 0.5) is 5.82 Å². The Morgan fingerprint density at radius 3 is 2.66 bits per heavy atom. The molecule has 0 aliphatic heterocycles. The summed E-state index contributed by atoms with van der Waals surface area (Å²) in [6.45, 7) is 0.0270. The van der Waals surface area contributed by atoms with Gasteiger partial charge in [-0.2, -0.15) is 5.10 Å². The van der Waals surface area contributed by atoms with E-state index in [0.717, 1.165) is 16.7 Å². The van der Waals surface area contributed by atoms with Crippen LogP contribution >= 0.6 is 0 Å². The van der Waals surface area contributed by atoms with Crippen LogP contribution in [0, 0.1) is 0 Å². The summed E-state index contributed by atoms with van der Waals surface area (Å²) in [4.78, 5) is 39.6. The van der Waals surface area contributed by atoms with Gasteiger partial charge in [-0.3, -0.25) is 29.2 Å². The van der Waals surface area contributed by atoms with E-state index in [2.05, 4.69) is 30.4 Å². The second-order valence-electron chi connectivity index (χ2n) is 6.08. The molecule has 142 valence electrons. The predicted octanol–water partition coefficient (Wildman–Crippen LogP) is 2.25. The molecule has 4 heterocycles. The molecule has 0 aliphatic rings. The average molecular weight is 385 g/mol. The molecule has 0 radical (unpaired) electrons. The number of amides is 1. The van der Waals surface area contributed by atoms with Crippen LogP contribution in [0.25, 0.3) is 22.4 Å². The summed E-state index contributed by atoms with van der Waals surface area (Å²) in [5.74, 6) is 0.169. The van der Waals surface area contributed by atoms with Gasteiger partial charge in [0, 0.05) is 42.1 Å². The predicted molar refractivity (Wildman–Crippen MR) is 105 cm³/mol. The highest BCUT2D eigenvalue weighted by molar-refractivity contribution is 5.89. The van der Waals surface area contributed by atoms with E-state index in [-0.39, 0.29) is 12.5 Å². The number of rotatable bonds is 6. The van der Waals surface area contributed by atoms with Crippen LogP contribution in [0.5, 0.6) is 0 Å². The fraction of sp³-hybridized carbons (Fsp3) is 0.0500. The van der Waals surface area contributed by atoms with Crippen molar-refractivity contribution in [1.82, 2.24) is 29.7 Å². The molecule has 4 aromatic heterocycles. The molecule has 0 saturated heterocycles. The van der Waals surface area contributed by atoms with E-state index in [4.69, 9.17) is 0 Å². The lowest BCUT2D eigenvalue weighted by Gasteiger charge is -2.05. The molecule has 0 bridgehead atoms. The number of carbonyl (C=O) groups excluding carboxylic acids is 2. The van der Waals surface area contributed by atoms with Crippen molar-refractivity contribution in [2.75, 3.05) is 5.32 Å². The van der Waals surface area contributed by atoms with E-state index in [0.29, 0.717) is 23.5 Å². The zero-order valence-corrected chi connectivity index (χ0v) is 15.1. The van der Waals surface area contributed by atoms with Gasteiger partial charge in [0.15, 0.2) is 6.29 Å². The number of carbonyl (C=O) groups is 2. The van der Waals surface area contributed by atoms with Crippen molar-refractivity contribution in [2.45, 2.75) is 6.54 Å². The molecule has 0 unspecified atom stereocenters. The first-order valence-corrected chi connectivity index (χ1v) is 8.67. The van der Waals surface area contributed by atoms with Crippen LogP contribution in [-0.2, 0) is 11.3 Å². The molecule has 0 saturated carbocycles. The molecule has 0 fully saturated rings. The fourth-order valence-corrected chi connectivity index (χ4v) is 2.69. The highest BCUT2D eigenvalue weighted by Crippen LogP contribution is 2.18. The first-order valence-electron chi connectivity index (χ1n) is 8.67. The molecule has 4 rings (SSSR count). The molecular formula is C20H15N7O2. The SMILES string of the molecule is O=Cc1cc(-c2cnn(CC(=O)Nc3ccc(-c4cnccn4)cn3)c2)ccn1. The Hall–Kier alpha value is -4.27. The topological polar surface area (TPSA) is 116 Å². The van der Waals surface area contributed by atoms with Gasteiger partial charge >= 0.3 is 0 Å². The number of nitrogens with zero attached hydrogens (tertiary/aromatic N) is 6. The minimum atomic E-state index is -0.261. The van der Waals surface area contributed by atoms with Crippen LogP contribution < -0.4 is 5.32 Å². The van der Waals surface area contributed by atoms with Crippen molar-refractivity contribution in [2.24, 2.45) is 0 Å². The zero-order chi connectivity index (χ0) is 20.1. The first-order chi connectivity index (χ1) is 14.2. The maximum atomic E-state index is 12.3. The maximum Gasteiger partial charge on any atom is 0.247 e. The summed E-state index contributed by atoms with van der Waals surface area (Å²) in [6, 6.07) is 6.95. The number of hydrogen-bond donors (Lipinski definition) is 1. The van der Waals surface area contributed by atoms with Gasteiger partial charge in [0.2, 0.25) is 5.91 Å². The third-order valence-electron chi connectivity index (χ3n) is 4.06. The summed E-state index contributed by atoms with van der Waals surface area (Å²) < 4.78 is 1.51. The van der Waals surface area contributed by atoms with E-state index < -0.39 is 0 Å². The summed E-state index contributed by atoms with van der Waals surface area (Å²) in [6.07, 6.45) is 12.1. The molecule has 29 heavy (non-hydrogen) atoms. The third kappa shape index (κ3) is 4.35. The summed E-state index contributed by atoms with van der Waals surface area (Å²) in [5.41, 5.74) is 3.43. The van der Waals surface area contributed by atoms with Crippen LogP contribution in [0.15, 0.2) is 67.6 Å². The Labute approximate surface area is 165 Å². The standard InChI is InChI=1S/C20H15N7O2/c28-13-17-7-14(3-4-22-17)16-9-25-27(11-16)12-20(29)26-19-2-1-15(8-24-19)18-10-21-5-6-23-18/h1-11,13H,12H2,(H,24,26,29). The highest BCUT2D eigenvalue weighted by Gasteiger charge is 2.09. The van der Waals surface area contributed by atoms with Crippen molar-refractivity contribution in [3.63, 3.8) is 0 Å². The lowest BCUT2D eigenvalue weighted by molar-refractivity contribution is -0.116. The molecule has 9 heteroatoms. The van der Waals surface area contributed by atoms with Crippen LogP contribution in [0.3, 0.4) is 0 Å². The number of hydrogen-bond acceptors (Lipinski definition) is 7. The summed E-state index contributed by atoms with van der Waals surface area (Å²) >= 11 is 0. The second-order valence-corrected chi connectivity index (χ2v) is 6.08. The van der Waals surface area contributed by atoms with Gasteiger partial charge in [0.25, 0.3) is 0 Å². The largest absolute Gasteiger partial charge is 0.309 e. The fourth-order valence-electron chi connectivity index (χ4n) is 2.69. The van der Waals surface area contributed by atoms with Gasteiger partial charge < -0.3 is 5.32 Å². The van der Waals surface area contributed by atoms with Crippen molar-refractivity contribution in [1.29, 1.82) is 0 Å². The van der Waals surface area contributed by atoms with Crippen LogP contribution in [-0.4, -0.2) is 41.9 Å². The molecule has 9 nitrogen and oxygen atoms in total. The van der Waals surface area contributed by atoms with E-state index in [1.54, 1.807) is 61.6 Å². The average Bonchev–Trinajstić information content (AvgIpc) is 3.23. The van der Waals surface area contributed by atoms with E-state index in [9.17, 15) is 9.59 Å². The van der Waals surface area contributed by atoms with Crippen LogP contribution in [0.1, 0.15) is 10.5 Å². The number of aldehydes is 1. The third-order valence-corrected chi connectivity index (χ3v) is 4.06. The number of nitrogens with one attached hydrogen (secondary N) is 1. The van der Waals surface area contributed by atoms with E-state index >= 15 is 0 Å². The molecule has 1 amide bonds. The smallest absolute Gasteiger partial charge is 0.247 e. The Morgan fingerprint density at radius 2 is 1.90 bits per heavy atom. The van der Waals surface area contributed by atoms with Gasteiger partial charge in [0.05, 0.1) is 18.1 Å². The number of anilines is 1. The monoisotopic (exact) mass is 385 g/mol.